The molecule has 0 atom stereocenters. The normalized spacial score (nSPS) is 13.3. The van der Waals surface area contributed by atoms with Gasteiger partial charge < -0.3 is 9.13 Å². The molecule has 0 saturated heterocycles. The van der Waals surface area contributed by atoms with Crippen LogP contribution < -0.4 is 0 Å². The summed E-state index contributed by atoms with van der Waals surface area (Å²) in [6.07, 6.45) is 9.11. The predicted molar refractivity (Wildman–Crippen MR) is 187 cm³/mol. The van der Waals surface area contributed by atoms with E-state index in [2.05, 4.69) is 167 Å². The molecule has 0 fully saturated rings. The number of fused-ring (bicyclic) bond motifs is 6. The molecule has 44 heavy (non-hydrogen) atoms. The molecule has 0 bridgehead atoms. The van der Waals surface area contributed by atoms with Crippen molar-refractivity contribution in [3.05, 3.63) is 158 Å². The molecule has 0 spiro atoms. The number of benzene rings is 6. The quantitative estimate of drug-likeness (QED) is 0.202. The fraction of sp³-hybridized carbons (Fsp3) is 0.0476. The molecule has 2 heteroatoms. The molecule has 0 aliphatic heterocycles. The maximum absolute atomic E-state index is 2.42. The first-order chi connectivity index (χ1) is 21.8. The van der Waals surface area contributed by atoms with E-state index in [1.807, 2.05) is 0 Å². The van der Waals surface area contributed by atoms with E-state index >= 15 is 0 Å². The fourth-order valence-corrected chi connectivity index (χ4v) is 7.06. The number of hydrogen-bond acceptors (Lipinski definition) is 0. The predicted octanol–water partition coefficient (Wildman–Crippen LogP) is 11.4. The minimum absolute atomic E-state index is 1.09. The van der Waals surface area contributed by atoms with Crippen LogP contribution in [-0.4, -0.2) is 9.13 Å². The van der Waals surface area contributed by atoms with Gasteiger partial charge in [0.05, 0.1) is 22.1 Å². The lowest BCUT2D eigenvalue weighted by Crippen LogP contribution is -1.96. The van der Waals surface area contributed by atoms with Gasteiger partial charge in [-0.3, -0.25) is 0 Å². The number of rotatable bonds is 4. The molecule has 9 rings (SSSR count). The van der Waals surface area contributed by atoms with Crippen molar-refractivity contribution in [1.82, 2.24) is 9.13 Å². The number of aromatic nitrogens is 2. The molecule has 0 saturated carbocycles. The average molecular weight is 563 g/mol. The Morgan fingerprint density at radius 3 is 1.55 bits per heavy atom. The number of hydrogen-bond donors (Lipinski definition) is 0. The third kappa shape index (κ3) is 3.88. The minimum atomic E-state index is 1.09. The summed E-state index contributed by atoms with van der Waals surface area (Å²) in [6.45, 7) is 0. The van der Waals surface area contributed by atoms with Gasteiger partial charge in [0.1, 0.15) is 0 Å². The third-order valence-corrected chi connectivity index (χ3v) is 9.14. The Bertz CT molecular complexity index is 2410. The lowest BCUT2D eigenvalue weighted by molar-refractivity contribution is 1.02. The van der Waals surface area contributed by atoms with Crippen LogP contribution in [0.15, 0.2) is 158 Å². The van der Waals surface area contributed by atoms with Crippen LogP contribution >= 0.6 is 0 Å². The summed E-state index contributed by atoms with van der Waals surface area (Å²) in [5.41, 5.74) is 12.3. The van der Waals surface area contributed by atoms with Crippen LogP contribution in [0, 0.1) is 0 Å². The summed E-state index contributed by atoms with van der Waals surface area (Å²) in [7, 11) is 0. The van der Waals surface area contributed by atoms with Gasteiger partial charge in [0.15, 0.2) is 0 Å². The molecule has 0 unspecified atom stereocenters. The highest BCUT2D eigenvalue weighted by molar-refractivity contribution is 6.13. The van der Waals surface area contributed by atoms with Crippen LogP contribution in [0.25, 0.3) is 77.2 Å². The monoisotopic (exact) mass is 562 g/mol. The summed E-state index contributed by atoms with van der Waals surface area (Å²) in [5.74, 6) is 0. The van der Waals surface area contributed by atoms with Crippen molar-refractivity contribution in [3.8, 4) is 27.9 Å². The highest BCUT2D eigenvalue weighted by Gasteiger charge is 2.16. The molecule has 208 valence electrons. The Morgan fingerprint density at radius 2 is 0.909 bits per heavy atom. The smallest absolute Gasteiger partial charge is 0.0541 e. The van der Waals surface area contributed by atoms with E-state index in [-0.39, 0.29) is 0 Å². The number of nitrogens with zero attached hydrogens (tertiary/aromatic N) is 2. The SMILES string of the molecule is C1=CC(n2c3ccccc3c3cc(-c4ccc5c(c4)c4ccccc4n5-c4ccc(-c5ccccc5)cc4)ccc32)=CCC1. The van der Waals surface area contributed by atoms with Gasteiger partial charge >= 0.3 is 0 Å². The number of allylic oxidation sites excluding steroid dienone is 4. The largest absolute Gasteiger partial charge is 0.310 e. The fourth-order valence-electron chi connectivity index (χ4n) is 7.06. The maximum atomic E-state index is 2.42. The van der Waals surface area contributed by atoms with Crippen molar-refractivity contribution in [2.24, 2.45) is 0 Å². The molecule has 2 aromatic heterocycles. The second-order valence-corrected chi connectivity index (χ2v) is 11.7. The van der Waals surface area contributed by atoms with Crippen molar-refractivity contribution in [2.75, 3.05) is 0 Å². The van der Waals surface area contributed by atoms with Gasteiger partial charge in [-0.2, -0.15) is 0 Å². The van der Waals surface area contributed by atoms with Gasteiger partial charge in [0.2, 0.25) is 0 Å². The molecular weight excluding hydrogens is 532 g/mol. The summed E-state index contributed by atoms with van der Waals surface area (Å²) in [5, 5.41) is 5.12. The molecule has 2 nitrogen and oxygen atoms in total. The molecule has 2 heterocycles. The van der Waals surface area contributed by atoms with E-state index < -0.39 is 0 Å². The van der Waals surface area contributed by atoms with Crippen LogP contribution in [0.5, 0.6) is 0 Å². The third-order valence-electron chi connectivity index (χ3n) is 9.14. The molecular formula is C42H30N2. The summed E-state index contributed by atoms with van der Waals surface area (Å²) < 4.78 is 4.81. The van der Waals surface area contributed by atoms with E-state index in [1.165, 1.54) is 77.2 Å². The molecule has 0 N–H and O–H groups in total. The van der Waals surface area contributed by atoms with Crippen LogP contribution in [0.2, 0.25) is 0 Å². The van der Waals surface area contributed by atoms with Gasteiger partial charge in [-0.25, -0.2) is 0 Å². The molecule has 6 aromatic carbocycles. The second kappa shape index (κ2) is 10.00. The Labute approximate surface area is 256 Å². The molecule has 1 aliphatic rings. The van der Waals surface area contributed by atoms with Crippen molar-refractivity contribution in [1.29, 1.82) is 0 Å². The van der Waals surface area contributed by atoms with E-state index in [0.29, 0.717) is 0 Å². The van der Waals surface area contributed by atoms with Gasteiger partial charge in [0, 0.05) is 32.9 Å². The highest BCUT2D eigenvalue weighted by Crippen LogP contribution is 2.38. The first-order valence-corrected chi connectivity index (χ1v) is 15.4. The van der Waals surface area contributed by atoms with Gasteiger partial charge in [-0.15, -0.1) is 0 Å². The first kappa shape index (κ1) is 24.9. The van der Waals surface area contributed by atoms with Crippen molar-refractivity contribution >= 4 is 49.3 Å². The highest BCUT2D eigenvalue weighted by atomic mass is 15.0. The maximum Gasteiger partial charge on any atom is 0.0541 e. The van der Waals surface area contributed by atoms with E-state index in [1.54, 1.807) is 0 Å². The summed E-state index contributed by atoms with van der Waals surface area (Å²) in [6, 6.07) is 51.0. The second-order valence-electron chi connectivity index (χ2n) is 11.7. The van der Waals surface area contributed by atoms with Crippen molar-refractivity contribution in [3.63, 3.8) is 0 Å². The summed E-state index contributed by atoms with van der Waals surface area (Å²) >= 11 is 0. The molecule has 0 radical (unpaired) electrons. The van der Waals surface area contributed by atoms with Gasteiger partial charge in [-0.1, -0.05) is 103 Å². The van der Waals surface area contributed by atoms with Crippen LogP contribution in [0.4, 0.5) is 0 Å². The summed E-state index contributed by atoms with van der Waals surface area (Å²) in [4.78, 5) is 0. The van der Waals surface area contributed by atoms with Crippen LogP contribution in [-0.2, 0) is 0 Å². The van der Waals surface area contributed by atoms with Crippen molar-refractivity contribution in [2.45, 2.75) is 12.8 Å². The number of para-hydroxylation sites is 2. The molecule has 8 aromatic rings. The molecule has 1 aliphatic carbocycles. The van der Waals surface area contributed by atoms with E-state index in [4.69, 9.17) is 0 Å². The topological polar surface area (TPSA) is 9.86 Å². The van der Waals surface area contributed by atoms with Crippen LogP contribution in [0.1, 0.15) is 12.8 Å². The lowest BCUT2D eigenvalue weighted by atomic mass is 10.0. The Kier molecular flexibility index (Phi) is 5.67. The first-order valence-electron chi connectivity index (χ1n) is 15.4. The van der Waals surface area contributed by atoms with E-state index in [9.17, 15) is 0 Å². The lowest BCUT2D eigenvalue weighted by Gasteiger charge is -2.12. The average Bonchev–Trinajstić information content (AvgIpc) is 3.61. The Balaban J connectivity index is 1.19. The zero-order valence-corrected chi connectivity index (χ0v) is 24.3. The van der Waals surface area contributed by atoms with Crippen LogP contribution in [0.3, 0.4) is 0 Å². The van der Waals surface area contributed by atoms with E-state index in [0.717, 1.165) is 12.8 Å². The van der Waals surface area contributed by atoms with Crippen molar-refractivity contribution < 1.29 is 0 Å². The minimum Gasteiger partial charge on any atom is -0.310 e. The Hall–Kier alpha value is -5.60. The molecule has 0 amide bonds. The zero-order chi connectivity index (χ0) is 29.0. The standard InChI is InChI=1S/C42H30N2/c1-3-11-29(12-4-1)30-19-23-34(24-20-30)44-40-18-10-8-16-36(40)38-28-32(22-26-42(38)44)31-21-25-41-37(27-31)35-15-7-9-17-39(35)43(41)33-13-5-2-6-14-33/h1,3-5,7-28H,2,6H2. The van der Waals surface area contributed by atoms with Gasteiger partial charge in [0.25, 0.3) is 0 Å². The Morgan fingerprint density at radius 1 is 0.386 bits per heavy atom. The van der Waals surface area contributed by atoms with Gasteiger partial charge in [-0.05, 0) is 89.7 Å². The zero-order valence-electron chi connectivity index (χ0n) is 24.3.